The topological polar surface area (TPSA) is 35.5 Å². The molecule has 0 saturated carbocycles. The van der Waals surface area contributed by atoms with Gasteiger partial charge in [0.15, 0.2) is 0 Å². The summed E-state index contributed by atoms with van der Waals surface area (Å²) in [4.78, 5) is 12.3. The van der Waals surface area contributed by atoms with Gasteiger partial charge in [0.05, 0.1) is 12.2 Å². The van der Waals surface area contributed by atoms with Crippen LogP contribution >= 0.6 is 0 Å². The normalized spacial score (nSPS) is 10.5. The van der Waals surface area contributed by atoms with Crippen LogP contribution in [0.5, 0.6) is 11.5 Å². The van der Waals surface area contributed by atoms with Crippen LogP contribution in [-0.4, -0.2) is 12.6 Å². The summed E-state index contributed by atoms with van der Waals surface area (Å²) in [7, 11) is 0. The predicted octanol–water partition coefficient (Wildman–Crippen LogP) is 5.87. The fraction of sp³-hybridized carbons (Fsp3) is 0.409. The van der Waals surface area contributed by atoms with Gasteiger partial charge >= 0.3 is 5.97 Å². The van der Waals surface area contributed by atoms with Crippen molar-refractivity contribution in [3.63, 3.8) is 0 Å². The molecule has 3 heteroatoms. The molecular formula is C22H28O3. The Labute approximate surface area is 151 Å². The molecule has 3 nitrogen and oxygen atoms in total. The summed E-state index contributed by atoms with van der Waals surface area (Å²) in [5.41, 5.74) is 2.54. The molecule has 0 radical (unpaired) electrons. The quantitative estimate of drug-likeness (QED) is 0.325. The molecule has 0 aliphatic carbocycles. The Hall–Kier alpha value is -2.29. The molecule has 0 spiro atoms. The Kier molecular flexibility index (Phi) is 7.52. The van der Waals surface area contributed by atoms with Gasteiger partial charge < -0.3 is 9.47 Å². The van der Waals surface area contributed by atoms with Crippen LogP contribution in [-0.2, 0) is 0 Å². The number of hydrogen-bond donors (Lipinski definition) is 0. The molecule has 0 atom stereocenters. The van der Waals surface area contributed by atoms with Crippen LogP contribution in [0.2, 0.25) is 0 Å². The first-order chi connectivity index (χ1) is 12.1. The van der Waals surface area contributed by atoms with Gasteiger partial charge in [-0.2, -0.15) is 0 Å². The maximum absolute atomic E-state index is 12.3. The van der Waals surface area contributed by atoms with Gasteiger partial charge in [0.2, 0.25) is 0 Å². The zero-order valence-corrected chi connectivity index (χ0v) is 15.5. The molecule has 2 rings (SSSR count). The van der Waals surface area contributed by atoms with E-state index in [1.807, 2.05) is 44.2 Å². The number of benzene rings is 2. The van der Waals surface area contributed by atoms with Crippen molar-refractivity contribution in [3.8, 4) is 11.5 Å². The van der Waals surface area contributed by atoms with Gasteiger partial charge in [-0.1, -0.05) is 44.7 Å². The van der Waals surface area contributed by atoms with Crippen molar-refractivity contribution in [1.82, 2.24) is 0 Å². The molecule has 0 aliphatic rings. The first-order valence-corrected chi connectivity index (χ1v) is 9.12. The maximum Gasteiger partial charge on any atom is 0.343 e. The Balaban J connectivity index is 1.84. The summed E-state index contributed by atoms with van der Waals surface area (Å²) in [6.07, 6.45) is 6.07. The van der Waals surface area contributed by atoms with Crippen molar-refractivity contribution in [2.24, 2.45) is 0 Å². The molecule has 0 fully saturated rings. The highest BCUT2D eigenvalue weighted by molar-refractivity contribution is 5.91. The molecular weight excluding hydrogens is 312 g/mol. The summed E-state index contributed by atoms with van der Waals surface area (Å²) in [6.45, 7) is 6.84. The number of unbranched alkanes of at least 4 members (excludes halogenated alkanes) is 4. The van der Waals surface area contributed by atoms with Gasteiger partial charge in [-0.25, -0.2) is 4.79 Å². The number of carbonyl (C=O) groups excluding carboxylic acids is 1. The zero-order chi connectivity index (χ0) is 18.1. The van der Waals surface area contributed by atoms with Gasteiger partial charge in [-0.15, -0.1) is 0 Å². The lowest BCUT2D eigenvalue weighted by atomic mass is 10.1. The van der Waals surface area contributed by atoms with E-state index >= 15 is 0 Å². The minimum absolute atomic E-state index is 0.347. The first kappa shape index (κ1) is 19.0. The van der Waals surface area contributed by atoms with Gasteiger partial charge in [0.1, 0.15) is 11.5 Å². The molecule has 0 saturated heterocycles. The van der Waals surface area contributed by atoms with Crippen LogP contribution < -0.4 is 9.47 Å². The standard InChI is InChI=1S/C22H28O3/c1-4-5-6-7-8-15-24-20-13-11-19(12-14-20)22(23)25-21-16-17(2)9-10-18(21)3/h9-14,16H,4-8,15H2,1-3H3. The van der Waals surface area contributed by atoms with Gasteiger partial charge in [-0.05, 0) is 61.7 Å². The fourth-order valence-corrected chi connectivity index (χ4v) is 2.56. The molecule has 25 heavy (non-hydrogen) atoms. The van der Waals surface area contributed by atoms with E-state index in [0.717, 1.165) is 29.9 Å². The van der Waals surface area contributed by atoms with E-state index in [0.29, 0.717) is 11.3 Å². The van der Waals surface area contributed by atoms with E-state index < -0.39 is 0 Å². The Morgan fingerprint density at radius 1 is 0.920 bits per heavy atom. The molecule has 2 aromatic rings. The molecule has 0 bridgehead atoms. The maximum atomic E-state index is 12.3. The molecule has 2 aromatic carbocycles. The minimum atomic E-state index is -0.347. The number of carbonyl (C=O) groups is 1. The summed E-state index contributed by atoms with van der Waals surface area (Å²) >= 11 is 0. The first-order valence-electron chi connectivity index (χ1n) is 9.12. The molecule has 0 amide bonds. The van der Waals surface area contributed by atoms with Crippen molar-refractivity contribution in [2.75, 3.05) is 6.61 Å². The van der Waals surface area contributed by atoms with Crippen molar-refractivity contribution in [2.45, 2.75) is 52.9 Å². The van der Waals surface area contributed by atoms with E-state index in [4.69, 9.17) is 9.47 Å². The molecule has 0 aromatic heterocycles. The smallest absolute Gasteiger partial charge is 0.343 e. The number of hydrogen-bond acceptors (Lipinski definition) is 3. The van der Waals surface area contributed by atoms with Gasteiger partial charge in [0.25, 0.3) is 0 Å². The second-order valence-corrected chi connectivity index (χ2v) is 6.45. The van der Waals surface area contributed by atoms with Crippen LogP contribution in [0.15, 0.2) is 42.5 Å². The molecule has 0 N–H and O–H groups in total. The Bertz CT molecular complexity index is 674. The Morgan fingerprint density at radius 2 is 1.64 bits per heavy atom. The van der Waals surface area contributed by atoms with Crippen LogP contribution in [0.3, 0.4) is 0 Å². The lowest BCUT2D eigenvalue weighted by Crippen LogP contribution is -2.09. The summed E-state index contributed by atoms with van der Waals surface area (Å²) in [5.74, 6) is 1.05. The number of esters is 1. The van der Waals surface area contributed by atoms with E-state index in [9.17, 15) is 4.79 Å². The van der Waals surface area contributed by atoms with Crippen LogP contribution in [0.25, 0.3) is 0 Å². The lowest BCUT2D eigenvalue weighted by Gasteiger charge is -2.09. The third-order valence-electron chi connectivity index (χ3n) is 4.15. The predicted molar refractivity (Wildman–Crippen MR) is 102 cm³/mol. The second-order valence-electron chi connectivity index (χ2n) is 6.45. The van der Waals surface area contributed by atoms with Crippen molar-refractivity contribution in [3.05, 3.63) is 59.2 Å². The van der Waals surface area contributed by atoms with E-state index in [-0.39, 0.29) is 5.97 Å². The lowest BCUT2D eigenvalue weighted by molar-refractivity contribution is 0.0733. The fourth-order valence-electron chi connectivity index (χ4n) is 2.56. The van der Waals surface area contributed by atoms with Crippen LogP contribution in [0.4, 0.5) is 0 Å². The molecule has 0 aliphatic heterocycles. The average molecular weight is 340 g/mol. The van der Waals surface area contributed by atoms with Crippen molar-refractivity contribution < 1.29 is 14.3 Å². The summed E-state index contributed by atoms with van der Waals surface area (Å²) in [6, 6.07) is 13.0. The van der Waals surface area contributed by atoms with Crippen LogP contribution in [0, 0.1) is 13.8 Å². The molecule has 0 unspecified atom stereocenters. The number of rotatable bonds is 9. The minimum Gasteiger partial charge on any atom is -0.494 e. The highest BCUT2D eigenvalue weighted by Gasteiger charge is 2.10. The Morgan fingerprint density at radius 3 is 2.36 bits per heavy atom. The van der Waals surface area contributed by atoms with Crippen LogP contribution in [0.1, 0.15) is 60.5 Å². The zero-order valence-electron chi connectivity index (χ0n) is 15.5. The van der Waals surface area contributed by atoms with Gasteiger partial charge in [0, 0.05) is 0 Å². The van der Waals surface area contributed by atoms with E-state index in [1.165, 1.54) is 25.7 Å². The van der Waals surface area contributed by atoms with E-state index in [1.54, 1.807) is 12.1 Å². The third-order valence-corrected chi connectivity index (χ3v) is 4.15. The number of aryl methyl sites for hydroxylation is 2. The van der Waals surface area contributed by atoms with Crippen molar-refractivity contribution in [1.29, 1.82) is 0 Å². The number of ether oxygens (including phenoxy) is 2. The molecule has 0 heterocycles. The third kappa shape index (κ3) is 6.26. The highest BCUT2D eigenvalue weighted by atomic mass is 16.5. The molecule has 134 valence electrons. The largest absolute Gasteiger partial charge is 0.494 e. The summed E-state index contributed by atoms with van der Waals surface area (Å²) < 4.78 is 11.2. The monoisotopic (exact) mass is 340 g/mol. The summed E-state index contributed by atoms with van der Waals surface area (Å²) in [5, 5.41) is 0. The van der Waals surface area contributed by atoms with Gasteiger partial charge in [-0.3, -0.25) is 0 Å². The second kappa shape index (κ2) is 9.87. The van der Waals surface area contributed by atoms with E-state index in [2.05, 4.69) is 6.92 Å². The highest BCUT2D eigenvalue weighted by Crippen LogP contribution is 2.21. The van der Waals surface area contributed by atoms with Crippen molar-refractivity contribution >= 4 is 5.97 Å². The SMILES string of the molecule is CCCCCCCOc1ccc(C(=O)Oc2cc(C)ccc2C)cc1. The average Bonchev–Trinajstić information content (AvgIpc) is 2.61.